The van der Waals surface area contributed by atoms with E-state index >= 15 is 0 Å². The van der Waals surface area contributed by atoms with E-state index in [0.717, 1.165) is 19.4 Å². The minimum Gasteiger partial charge on any atom is -0.388 e. The number of rotatable bonds is 1. The van der Waals surface area contributed by atoms with E-state index in [1.807, 2.05) is 4.90 Å². The predicted molar refractivity (Wildman–Crippen MR) is 79.1 cm³/mol. The van der Waals surface area contributed by atoms with Gasteiger partial charge in [0, 0.05) is 19.3 Å². The third kappa shape index (κ3) is 2.65. The zero-order valence-electron chi connectivity index (χ0n) is 11.9. The molecular weight excluding hydrogens is 295 g/mol. The lowest BCUT2D eigenvalue weighted by Gasteiger charge is -2.37. The summed E-state index contributed by atoms with van der Waals surface area (Å²) in [5, 5.41) is 10.6. The Hall–Kier alpha value is -1.53. The van der Waals surface area contributed by atoms with Gasteiger partial charge in [0.15, 0.2) is 11.0 Å². The van der Waals surface area contributed by atoms with Crippen LogP contribution in [0, 0.1) is 12.7 Å². The minimum atomic E-state index is -0.776. The van der Waals surface area contributed by atoms with Crippen LogP contribution in [0.5, 0.6) is 0 Å². The fourth-order valence-corrected chi connectivity index (χ4v) is 2.91. The van der Waals surface area contributed by atoms with Gasteiger partial charge in [-0.3, -0.25) is 0 Å². The van der Waals surface area contributed by atoms with Crippen molar-refractivity contribution in [2.75, 3.05) is 18.0 Å². The molecule has 3 rings (SSSR count). The maximum atomic E-state index is 14.1. The Balaban J connectivity index is 2.16. The summed E-state index contributed by atoms with van der Waals surface area (Å²) in [4.78, 5) is 14.3. The first-order valence-electron chi connectivity index (χ1n) is 6.83. The van der Waals surface area contributed by atoms with Crippen LogP contribution in [0.4, 0.5) is 10.2 Å². The highest BCUT2D eigenvalue weighted by molar-refractivity contribution is 6.30. The maximum Gasteiger partial charge on any atom is 0.186 e. The number of aryl methyl sites for hydroxylation is 1. The molecule has 1 aliphatic heterocycles. The van der Waals surface area contributed by atoms with Gasteiger partial charge in [0.1, 0.15) is 17.2 Å². The van der Waals surface area contributed by atoms with Gasteiger partial charge in [0.2, 0.25) is 0 Å². The van der Waals surface area contributed by atoms with Crippen molar-refractivity contribution in [3.05, 3.63) is 23.0 Å². The fraction of sp³-hybridized carbons (Fsp3) is 0.500. The zero-order valence-corrected chi connectivity index (χ0v) is 12.7. The Morgan fingerprint density at radius 1 is 1.43 bits per heavy atom. The number of aliphatic hydroxyl groups is 1. The van der Waals surface area contributed by atoms with Crippen LogP contribution < -0.4 is 4.90 Å². The van der Waals surface area contributed by atoms with Gasteiger partial charge in [-0.15, -0.1) is 0 Å². The molecule has 2 aromatic heterocycles. The van der Waals surface area contributed by atoms with Gasteiger partial charge in [0.25, 0.3) is 0 Å². The molecule has 1 N–H and O–H groups in total. The molecular formula is C14H16ClFN4O. The van der Waals surface area contributed by atoms with Gasteiger partial charge in [-0.2, -0.15) is 0 Å². The van der Waals surface area contributed by atoms with E-state index in [1.165, 1.54) is 6.20 Å². The van der Waals surface area contributed by atoms with E-state index in [4.69, 9.17) is 11.6 Å². The van der Waals surface area contributed by atoms with Crippen molar-refractivity contribution in [2.45, 2.75) is 32.3 Å². The molecule has 21 heavy (non-hydrogen) atoms. The largest absolute Gasteiger partial charge is 0.388 e. The van der Waals surface area contributed by atoms with Crippen LogP contribution in [0.1, 0.15) is 25.6 Å². The number of nitrogens with zero attached hydrogens (tertiary/aromatic N) is 4. The van der Waals surface area contributed by atoms with E-state index < -0.39 is 11.4 Å². The second-order valence-electron chi connectivity index (χ2n) is 5.74. The highest BCUT2D eigenvalue weighted by Crippen LogP contribution is 2.31. The molecule has 5 nitrogen and oxygen atoms in total. The van der Waals surface area contributed by atoms with Crippen LogP contribution in [0.15, 0.2) is 6.20 Å². The molecule has 0 bridgehead atoms. The number of β-amino-alcohol motifs (C(OH)–C–C–N with tert-alkyl or cyclic N) is 1. The van der Waals surface area contributed by atoms with Gasteiger partial charge < -0.3 is 10.0 Å². The molecule has 0 amide bonds. The number of hydrogen-bond donors (Lipinski definition) is 1. The topological polar surface area (TPSA) is 62.1 Å². The van der Waals surface area contributed by atoms with Gasteiger partial charge >= 0.3 is 0 Å². The molecule has 0 spiro atoms. The first kappa shape index (κ1) is 14.4. The van der Waals surface area contributed by atoms with Gasteiger partial charge in [-0.25, -0.2) is 19.3 Å². The zero-order chi connectivity index (χ0) is 15.2. The molecule has 1 atom stereocenters. The van der Waals surface area contributed by atoms with Crippen LogP contribution >= 0.6 is 11.6 Å². The quantitative estimate of drug-likeness (QED) is 0.820. The third-order valence-corrected chi connectivity index (χ3v) is 3.97. The molecule has 2 aromatic rings. The molecule has 1 aliphatic rings. The minimum absolute atomic E-state index is 0.169. The van der Waals surface area contributed by atoms with Crippen LogP contribution in [-0.4, -0.2) is 38.7 Å². The van der Waals surface area contributed by atoms with Crippen molar-refractivity contribution < 1.29 is 9.50 Å². The summed E-state index contributed by atoms with van der Waals surface area (Å²) >= 11 is 5.72. The maximum absolute atomic E-state index is 14.1. The summed E-state index contributed by atoms with van der Waals surface area (Å²) in [5.41, 5.74) is -0.607. The second-order valence-corrected chi connectivity index (χ2v) is 6.10. The summed E-state index contributed by atoms with van der Waals surface area (Å²) in [6.07, 6.45) is 3.07. The number of pyridine rings is 1. The number of halogens is 2. The van der Waals surface area contributed by atoms with Crippen LogP contribution in [0.3, 0.4) is 0 Å². The Morgan fingerprint density at radius 3 is 2.90 bits per heavy atom. The fourth-order valence-electron chi connectivity index (χ4n) is 2.77. The van der Waals surface area contributed by atoms with Crippen molar-refractivity contribution in [2.24, 2.45) is 0 Å². The molecule has 0 radical (unpaired) electrons. The molecule has 1 saturated heterocycles. The molecule has 0 saturated carbocycles. The highest BCUT2D eigenvalue weighted by Gasteiger charge is 2.30. The Kier molecular flexibility index (Phi) is 3.45. The Labute approximate surface area is 126 Å². The summed E-state index contributed by atoms with van der Waals surface area (Å²) in [6.45, 7) is 4.71. The van der Waals surface area contributed by atoms with Crippen molar-refractivity contribution in [3.63, 3.8) is 0 Å². The lowest BCUT2D eigenvalue weighted by molar-refractivity contribution is 0.0448. The number of piperidine rings is 1. The first-order valence-corrected chi connectivity index (χ1v) is 7.21. The van der Waals surface area contributed by atoms with E-state index in [2.05, 4.69) is 15.0 Å². The van der Waals surface area contributed by atoms with Crippen LogP contribution in [0.2, 0.25) is 5.15 Å². The van der Waals surface area contributed by atoms with E-state index in [9.17, 15) is 9.50 Å². The van der Waals surface area contributed by atoms with Gasteiger partial charge in [-0.1, -0.05) is 11.6 Å². The van der Waals surface area contributed by atoms with Crippen molar-refractivity contribution in [1.82, 2.24) is 15.0 Å². The van der Waals surface area contributed by atoms with Crippen LogP contribution in [0.25, 0.3) is 10.9 Å². The Bertz CT molecular complexity index is 707. The van der Waals surface area contributed by atoms with E-state index in [0.29, 0.717) is 23.6 Å². The second kappa shape index (κ2) is 5.03. The summed E-state index contributed by atoms with van der Waals surface area (Å²) in [6, 6.07) is 0. The lowest BCUT2D eigenvalue weighted by Crippen LogP contribution is -2.46. The summed E-state index contributed by atoms with van der Waals surface area (Å²) in [7, 11) is 0. The predicted octanol–water partition coefficient (Wildman–Crippen LogP) is 2.48. The van der Waals surface area contributed by atoms with Crippen molar-refractivity contribution in [3.8, 4) is 0 Å². The van der Waals surface area contributed by atoms with Crippen LogP contribution in [-0.2, 0) is 0 Å². The summed E-state index contributed by atoms with van der Waals surface area (Å²) < 4.78 is 14.1. The molecule has 7 heteroatoms. The molecule has 0 aliphatic carbocycles. The summed E-state index contributed by atoms with van der Waals surface area (Å²) in [5.74, 6) is 0.425. The SMILES string of the molecule is Cc1nc(N2CCCC(C)(O)C2)c2cnc(Cl)c(F)c2n1. The average Bonchev–Trinajstić information content (AvgIpc) is 2.41. The number of fused-ring (bicyclic) bond motifs is 1. The first-order chi connectivity index (χ1) is 9.87. The molecule has 112 valence electrons. The van der Waals surface area contributed by atoms with Crippen molar-refractivity contribution in [1.29, 1.82) is 0 Å². The third-order valence-electron chi connectivity index (χ3n) is 3.71. The molecule has 1 unspecified atom stereocenters. The van der Waals surface area contributed by atoms with Crippen molar-refractivity contribution >= 4 is 28.3 Å². The number of aromatic nitrogens is 3. The molecule has 3 heterocycles. The van der Waals surface area contributed by atoms with E-state index in [1.54, 1.807) is 13.8 Å². The highest BCUT2D eigenvalue weighted by atomic mass is 35.5. The number of hydrogen-bond acceptors (Lipinski definition) is 5. The van der Waals surface area contributed by atoms with E-state index in [-0.39, 0.29) is 10.7 Å². The van der Waals surface area contributed by atoms with Gasteiger partial charge in [0.05, 0.1) is 11.0 Å². The molecule has 1 fully saturated rings. The van der Waals surface area contributed by atoms with Gasteiger partial charge in [-0.05, 0) is 26.7 Å². The average molecular weight is 311 g/mol. The number of anilines is 1. The molecule has 0 aromatic carbocycles. The standard InChI is InChI=1S/C14H16ClFN4O/c1-8-18-11-9(6-17-12(15)10(11)16)13(19-8)20-5-3-4-14(2,21)7-20/h6,21H,3-5,7H2,1-2H3. The Morgan fingerprint density at radius 2 is 2.19 bits per heavy atom. The normalized spacial score (nSPS) is 22.8. The lowest BCUT2D eigenvalue weighted by atomic mass is 9.95. The monoisotopic (exact) mass is 310 g/mol. The smallest absolute Gasteiger partial charge is 0.186 e.